The van der Waals surface area contributed by atoms with Crippen LogP contribution in [0.25, 0.3) is 0 Å². The lowest BCUT2D eigenvalue weighted by Crippen LogP contribution is -2.45. The fourth-order valence-corrected chi connectivity index (χ4v) is 2.43. The summed E-state index contributed by atoms with van der Waals surface area (Å²) >= 11 is 0. The second kappa shape index (κ2) is 9.15. The zero-order chi connectivity index (χ0) is 13.0. The maximum atomic E-state index is 13.9. The first-order chi connectivity index (χ1) is 8.72. The summed E-state index contributed by atoms with van der Waals surface area (Å²) in [6.45, 7) is 5.47. The van der Waals surface area contributed by atoms with E-state index >= 15 is 0 Å². The molecule has 112 valence electrons. The number of piperazine rings is 1. The van der Waals surface area contributed by atoms with Crippen molar-refractivity contribution in [2.75, 3.05) is 26.2 Å². The summed E-state index contributed by atoms with van der Waals surface area (Å²) in [4.78, 5) is 2.19. The van der Waals surface area contributed by atoms with Crippen molar-refractivity contribution in [2.24, 2.45) is 0 Å². The summed E-state index contributed by atoms with van der Waals surface area (Å²) in [7, 11) is 0. The van der Waals surface area contributed by atoms with Crippen molar-refractivity contribution >= 4 is 24.8 Å². The minimum absolute atomic E-state index is 0. The molecule has 0 bridgehead atoms. The fraction of sp³-hybridized carbons (Fsp3) is 0.500. The lowest BCUT2D eigenvalue weighted by atomic mass is 9.99. The second-order valence-electron chi connectivity index (χ2n) is 4.69. The summed E-state index contributed by atoms with van der Waals surface area (Å²) in [5.74, 6) is -0.209. The molecule has 1 aromatic rings. The van der Waals surface area contributed by atoms with E-state index in [-0.39, 0.29) is 36.7 Å². The molecule has 0 aromatic heterocycles. The number of aryl methyl sites for hydroxylation is 1. The van der Waals surface area contributed by atoms with Gasteiger partial charge >= 0.3 is 0 Å². The quantitative estimate of drug-likeness (QED) is 0.931. The predicted octanol–water partition coefficient (Wildman–Crippen LogP) is 2.84. The molecule has 0 aliphatic carbocycles. The molecule has 3 nitrogen and oxygen atoms in total. The van der Waals surface area contributed by atoms with Crippen molar-refractivity contribution < 1.29 is 4.39 Å². The Kier molecular flexibility index (Phi) is 8.75. The van der Waals surface area contributed by atoms with Crippen LogP contribution in [0.15, 0.2) is 18.2 Å². The Bertz CT molecular complexity index is 456. The van der Waals surface area contributed by atoms with Crippen molar-refractivity contribution in [1.82, 2.24) is 10.2 Å². The fourth-order valence-electron chi connectivity index (χ4n) is 2.43. The molecule has 0 radical (unpaired) electrons. The Hall–Kier alpha value is -0.860. The van der Waals surface area contributed by atoms with Crippen molar-refractivity contribution in [3.8, 4) is 6.07 Å². The highest BCUT2D eigenvalue weighted by Crippen LogP contribution is 2.27. The van der Waals surface area contributed by atoms with Crippen LogP contribution in [0.5, 0.6) is 0 Å². The van der Waals surface area contributed by atoms with Gasteiger partial charge in [-0.1, -0.05) is 17.7 Å². The minimum Gasteiger partial charge on any atom is -0.314 e. The number of rotatable bonds is 3. The van der Waals surface area contributed by atoms with Crippen LogP contribution in [-0.4, -0.2) is 31.1 Å². The van der Waals surface area contributed by atoms with E-state index < -0.39 is 0 Å². The van der Waals surface area contributed by atoms with Crippen molar-refractivity contribution in [3.63, 3.8) is 0 Å². The van der Waals surface area contributed by atoms with E-state index in [1.165, 1.54) is 6.07 Å². The molecular weight excluding hydrogens is 300 g/mol. The first-order valence-electron chi connectivity index (χ1n) is 6.30. The van der Waals surface area contributed by atoms with Crippen LogP contribution in [0.3, 0.4) is 0 Å². The first kappa shape index (κ1) is 19.1. The van der Waals surface area contributed by atoms with Gasteiger partial charge in [-0.05, 0) is 13.0 Å². The number of nitrogens with one attached hydrogen (secondary N) is 1. The number of benzene rings is 1. The zero-order valence-corrected chi connectivity index (χ0v) is 13.1. The van der Waals surface area contributed by atoms with E-state index in [1.54, 1.807) is 6.07 Å². The molecule has 1 N–H and O–H groups in total. The van der Waals surface area contributed by atoms with Crippen LogP contribution in [0.4, 0.5) is 4.39 Å². The average Bonchev–Trinajstić information content (AvgIpc) is 2.40. The molecule has 1 fully saturated rings. The highest BCUT2D eigenvalue weighted by atomic mass is 35.5. The number of nitriles is 1. The van der Waals surface area contributed by atoms with E-state index in [0.29, 0.717) is 12.0 Å². The number of hydrogen-bond donors (Lipinski definition) is 1. The molecule has 2 rings (SSSR count). The van der Waals surface area contributed by atoms with E-state index in [2.05, 4.69) is 16.3 Å². The summed E-state index contributed by atoms with van der Waals surface area (Å²) in [5, 5.41) is 12.2. The molecule has 0 spiro atoms. The second-order valence-corrected chi connectivity index (χ2v) is 4.69. The van der Waals surface area contributed by atoms with E-state index in [9.17, 15) is 4.39 Å². The van der Waals surface area contributed by atoms with Crippen LogP contribution >= 0.6 is 24.8 Å². The molecule has 20 heavy (non-hydrogen) atoms. The lowest BCUT2D eigenvalue weighted by molar-refractivity contribution is 0.172. The molecule has 1 saturated heterocycles. The summed E-state index contributed by atoms with van der Waals surface area (Å²) in [5.41, 5.74) is 1.68. The van der Waals surface area contributed by atoms with Gasteiger partial charge in [0.05, 0.1) is 18.5 Å². The molecule has 1 heterocycles. The third-order valence-electron chi connectivity index (χ3n) is 3.39. The average molecular weight is 320 g/mol. The molecule has 0 amide bonds. The monoisotopic (exact) mass is 319 g/mol. The van der Waals surface area contributed by atoms with Gasteiger partial charge in [0.15, 0.2) is 0 Å². The largest absolute Gasteiger partial charge is 0.314 e. The third kappa shape index (κ3) is 4.60. The Morgan fingerprint density at radius 2 is 2.00 bits per heavy atom. The topological polar surface area (TPSA) is 39.1 Å². The summed E-state index contributed by atoms with van der Waals surface area (Å²) in [6.07, 6.45) is 0.334. The standard InChI is InChI=1S/C14H18FN3.2ClH/c1-11-2-3-13(15)12(10-11)14(4-5-16)18-8-6-17-7-9-18;;/h2-3,10,14,17H,4,6-9H2,1H3;2*1H/t14-;;/m0../s1. The molecule has 6 heteroatoms. The molecule has 1 aliphatic heterocycles. The number of nitrogens with zero attached hydrogens (tertiary/aromatic N) is 2. The van der Waals surface area contributed by atoms with Gasteiger partial charge in [-0.15, -0.1) is 24.8 Å². The van der Waals surface area contributed by atoms with Crippen LogP contribution in [0.1, 0.15) is 23.6 Å². The van der Waals surface area contributed by atoms with Gasteiger partial charge in [0.2, 0.25) is 0 Å². The van der Waals surface area contributed by atoms with Gasteiger partial charge in [-0.25, -0.2) is 4.39 Å². The van der Waals surface area contributed by atoms with Gasteiger partial charge in [-0.2, -0.15) is 5.26 Å². The number of hydrogen-bond acceptors (Lipinski definition) is 3. The predicted molar refractivity (Wildman–Crippen MR) is 83.0 cm³/mol. The van der Waals surface area contributed by atoms with Gasteiger partial charge in [0.25, 0.3) is 0 Å². The first-order valence-corrected chi connectivity index (χ1v) is 6.30. The summed E-state index contributed by atoms with van der Waals surface area (Å²) < 4.78 is 13.9. The van der Waals surface area contributed by atoms with Crippen LogP contribution < -0.4 is 5.32 Å². The van der Waals surface area contributed by atoms with Crippen LogP contribution in [-0.2, 0) is 0 Å². The zero-order valence-electron chi connectivity index (χ0n) is 11.4. The van der Waals surface area contributed by atoms with Crippen molar-refractivity contribution in [1.29, 1.82) is 5.26 Å². The molecule has 0 saturated carbocycles. The van der Waals surface area contributed by atoms with E-state index in [1.807, 2.05) is 13.0 Å². The smallest absolute Gasteiger partial charge is 0.128 e. The maximum Gasteiger partial charge on any atom is 0.128 e. The van der Waals surface area contributed by atoms with Gasteiger partial charge in [0.1, 0.15) is 5.82 Å². The van der Waals surface area contributed by atoms with Crippen LogP contribution in [0, 0.1) is 24.1 Å². The Balaban J connectivity index is 0.00000180. The van der Waals surface area contributed by atoms with E-state index in [0.717, 1.165) is 31.7 Å². The Morgan fingerprint density at radius 1 is 1.35 bits per heavy atom. The SMILES string of the molecule is Cc1ccc(F)c([C@H](CC#N)N2CCNCC2)c1.Cl.Cl. The van der Waals surface area contributed by atoms with Crippen molar-refractivity contribution in [2.45, 2.75) is 19.4 Å². The lowest BCUT2D eigenvalue weighted by Gasteiger charge is -2.34. The minimum atomic E-state index is -0.209. The molecule has 0 unspecified atom stereocenters. The van der Waals surface area contributed by atoms with Crippen LogP contribution in [0.2, 0.25) is 0 Å². The highest BCUT2D eigenvalue weighted by Gasteiger charge is 2.24. The maximum absolute atomic E-state index is 13.9. The number of halogens is 3. The Labute approximate surface area is 132 Å². The van der Waals surface area contributed by atoms with Gasteiger partial charge < -0.3 is 5.32 Å². The molecule has 1 aromatic carbocycles. The summed E-state index contributed by atoms with van der Waals surface area (Å²) in [6, 6.07) is 7.18. The molecule has 1 aliphatic rings. The van der Waals surface area contributed by atoms with Gasteiger partial charge in [-0.3, -0.25) is 4.90 Å². The Morgan fingerprint density at radius 3 is 2.60 bits per heavy atom. The molecular formula is C14H20Cl2FN3. The van der Waals surface area contributed by atoms with Crippen molar-refractivity contribution in [3.05, 3.63) is 35.1 Å². The molecule has 1 atom stereocenters. The highest BCUT2D eigenvalue weighted by molar-refractivity contribution is 5.85. The van der Waals surface area contributed by atoms with E-state index in [4.69, 9.17) is 5.26 Å². The van der Waals surface area contributed by atoms with Gasteiger partial charge in [0, 0.05) is 31.7 Å². The normalized spacial score (nSPS) is 16.4. The third-order valence-corrected chi connectivity index (χ3v) is 3.39.